The SMILES string of the molecule is CCCCC=CC=C/C=C/CCCCCCCC(=O)O. The highest BCUT2D eigenvalue weighted by Gasteiger charge is 1.95. The average Bonchev–Trinajstić information content (AvgIpc) is 2.43. The maximum absolute atomic E-state index is 10.3. The number of carboxylic acids is 1. The van der Waals surface area contributed by atoms with Gasteiger partial charge in [-0.3, -0.25) is 4.79 Å². The molecular weight excluding hydrogens is 248 g/mol. The number of unbranched alkanes of at least 4 members (excludes halogenated alkanes) is 7. The Balaban J connectivity index is 3.29. The van der Waals surface area contributed by atoms with Gasteiger partial charge in [0.05, 0.1) is 0 Å². The van der Waals surface area contributed by atoms with Crippen LogP contribution in [0.5, 0.6) is 0 Å². The summed E-state index contributed by atoms with van der Waals surface area (Å²) >= 11 is 0. The lowest BCUT2D eigenvalue weighted by atomic mass is 10.1. The molecule has 0 unspecified atom stereocenters. The van der Waals surface area contributed by atoms with Crippen molar-refractivity contribution in [1.82, 2.24) is 0 Å². The van der Waals surface area contributed by atoms with Crippen LogP contribution in [0.2, 0.25) is 0 Å². The van der Waals surface area contributed by atoms with Crippen molar-refractivity contribution in [1.29, 1.82) is 0 Å². The van der Waals surface area contributed by atoms with Crippen molar-refractivity contribution < 1.29 is 9.90 Å². The van der Waals surface area contributed by atoms with E-state index in [0.29, 0.717) is 6.42 Å². The molecule has 0 fully saturated rings. The smallest absolute Gasteiger partial charge is 0.303 e. The van der Waals surface area contributed by atoms with Crippen LogP contribution in [0, 0.1) is 0 Å². The van der Waals surface area contributed by atoms with E-state index >= 15 is 0 Å². The van der Waals surface area contributed by atoms with Crippen LogP contribution in [-0.4, -0.2) is 11.1 Å². The van der Waals surface area contributed by atoms with E-state index in [9.17, 15) is 4.79 Å². The van der Waals surface area contributed by atoms with Crippen LogP contribution in [0.25, 0.3) is 0 Å². The maximum Gasteiger partial charge on any atom is 0.303 e. The predicted octanol–water partition coefficient (Wildman–Crippen LogP) is 5.66. The second-order valence-corrected chi connectivity index (χ2v) is 5.08. The fourth-order valence-electron chi connectivity index (χ4n) is 1.87. The predicted molar refractivity (Wildman–Crippen MR) is 86.9 cm³/mol. The minimum atomic E-state index is -0.677. The Morgan fingerprint density at radius 2 is 1.35 bits per heavy atom. The molecule has 0 spiro atoms. The molecule has 0 aliphatic heterocycles. The van der Waals surface area contributed by atoms with E-state index < -0.39 is 5.97 Å². The highest BCUT2D eigenvalue weighted by molar-refractivity contribution is 5.66. The number of aliphatic carboxylic acids is 1. The van der Waals surface area contributed by atoms with Crippen LogP contribution in [0.4, 0.5) is 0 Å². The summed E-state index contributed by atoms with van der Waals surface area (Å²) in [5.41, 5.74) is 0. The summed E-state index contributed by atoms with van der Waals surface area (Å²) in [6.45, 7) is 2.21. The van der Waals surface area contributed by atoms with Gasteiger partial charge in [-0.2, -0.15) is 0 Å². The van der Waals surface area contributed by atoms with Crippen molar-refractivity contribution in [3.05, 3.63) is 36.5 Å². The molecule has 1 N–H and O–H groups in total. The Labute approximate surface area is 124 Å². The molecule has 114 valence electrons. The second kappa shape index (κ2) is 15.7. The highest BCUT2D eigenvalue weighted by Crippen LogP contribution is 2.07. The minimum absolute atomic E-state index is 0.316. The summed E-state index contributed by atoms with van der Waals surface area (Å²) in [5.74, 6) is -0.677. The molecule has 0 bridgehead atoms. The van der Waals surface area contributed by atoms with E-state index in [4.69, 9.17) is 5.11 Å². The minimum Gasteiger partial charge on any atom is -0.481 e. The first-order valence-corrected chi connectivity index (χ1v) is 7.97. The zero-order valence-electron chi connectivity index (χ0n) is 12.9. The van der Waals surface area contributed by atoms with Crippen LogP contribution in [0.1, 0.15) is 71.1 Å². The van der Waals surface area contributed by atoms with Crippen molar-refractivity contribution >= 4 is 5.97 Å². The number of rotatable bonds is 13. The van der Waals surface area contributed by atoms with Crippen LogP contribution >= 0.6 is 0 Å². The normalized spacial score (nSPS) is 12.1. The number of carboxylic acid groups (broad SMARTS) is 1. The molecule has 0 rings (SSSR count). The molecule has 0 aliphatic carbocycles. The molecule has 0 aromatic rings. The number of hydrogen-bond donors (Lipinski definition) is 1. The summed E-state index contributed by atoms with van der Waals surface area (Å²) in [5, 5.41) is 8.50. The topological polar surface area (TPSA) is 37.3 Å². The van der Waals surface area contributed by atoms with Crippen LogP contribution in [0.3, 0.4) is 0 Å². The Morgan fingerprint density at radius 3 is 1.95 bits per heavy atom. The van der Waals surface area contributed by atoms with E-state index in [1.54, 1.807) is 0 Å². The molecule has 0 radical (unpaired) electrons. The van der Waals surface area contributed by atoms with Crippen molar-refractivity contribution in [3.63, 3.8) is 0 Å². The van der Waals surface area contributed by atoms with E-state index in [-0.39, 0.29) is 0 Å². The monoisotopic (exact) mass is 278 g/mol. The largest absolute Gasteiger partial charge is 0.481 e. The third-order valence-corrected chi connectivity index (χ3v) is 3.09. The maximum atomic E-state index is 10.3. The number of carbonyl (C=O) groups is 1. The van der Waals surface area contributed by atoms with E-state index in [1.165, 1.54) is 32.1 Å². The average molecular weight is 278 g/mol. The van der Waals surface area contributed by atoms with Gasteiger partial charge in [-0.15, -0.1) is 0 Å². The van der Waals surface area contributed by atoms with Crippen LogP contribution in [0.15, 0.2) is 36.5 Å². The van der Waals surface area contributed by atoms with Crippen molar-refractivity contribution in [2.75, 3.05) is 0 Å². The van der Waals surface area contributed by atoms with Gasteiger partial charge in [-0.05, 0) is 25.7 Å². The Bertz CT molecular complexity index is 301. The second-order valence-electron chi connectivity index (χ2n) is 5.08. The summed E-state index contributed by atoms with van der Waals surface area (Å²) < 4.78 is 0. The molecule has 0 aromatic carbocycles. The standard InChI is InChI=1S/C18H30O2/c1-2-3-4-5-6-7-8-9-10-11-12-13-14-15-16-17-18(19)20/h5-10H,2-4,11-17H2,1H3,(H,19,20)/b6-5?,8-7?,10-9+. The fraction of sp³-hybridized carbons (Fsp3) is 0.611. The molecule has 0 amide bonds. The van der Waals surface area contributed by atoms with Crippen molar-refractivity contribution in [3.8, 4) is 0 Å². The molecule has 0 atom stereocenters. The quantitative estimate of drug-likeness (QED) is 0.348. The van der Waals surface area contributed by atoms with E-state index in [2.05, 4.69) is 43.4 Å². The lowest BCUT2D eigenvalue weighted by molar-refractivity contribution is -0.137. The zero-order chi connectivity index (χ0) is 14.9. The van der Waals surface area contributed by atoms with E-state index in [0.717, 1.165) is 25.7 Å². The van der Waals surface area contributed by atoms with Gasteiger partial charge >= 0.3 is 5.97 Å². The third-order valence-electron chi connectivity index (χ3n) is 3.09. The lowest BCUT2D eigenvalue weighted by Crippen LogP contribution is -1.93. The van der Waals surface area contributed by atoms with Gasteiger partial charge in [-0.25, -0.2) is 0 Å². The Kier molecular flexibility index (Phi) is 14.7. The molecule has 0 aromatic heterocycles. The van der Waals surface area contributed by atoms with Crippen LogP contribution < -0.4 is 0 Å². The van der Waals surface area contributed by atoms with Gasteiger partial charge in [0.25, 0.3) is 0 Å². The molecule has 0 saturated heterocycles. The Morgan fingerprint density at radius 1 is 0.800 bits per heavy atom. The van der Waals surface area contributed by atoms with Gasteiger partial charge in [0.15, 0.2) is 0 Å². The molecule has 0 heterocycles. The van der Waals surface area contributed by atoms with Gasteiger partial charge in [0.2, 0.25) is 0 Å². The van der Waals surface area contributed by atoms with Crippen molar-refractivity contribution in [2.45, 2.75) is 71.1 Å². The summed E-state index contributed by atoms with van der Waals surface area (Å²) in [6.07, 6.45) is 23.3. The number of hydrogen-bond acceptors (Lipinski definition) is 1. The van der Waals surface area contributed by atoms with Gasteiger partial charge in [0, 0.05) is 6.42 Å². The molecule has 0 aliphatic rings. The highest BCUT2D eigenvalue weighted by atomic mass is 16.4. The van der Waals surface area contributed by atoms with Gasteiger partial charge in [-0.1, -0.05) is 75.5 Å². The van der Waals surface area contributed by atoms with Crippen molar-refractivity contribution in [2.24, 2.45) is 0 Å². The van der Waals surface area contributed by atoms with Gasteiger partial charge < -0.3 is 5.11 Å². The summed E-state index contributed by atoms with van der Waals surface area (Å²) in [7, 11) is 0. The molecule has 2 heteroatoms. The molecule has 2 nitrogen and oxygen atoms in total. The zero-order valence-corrected chi connectivity index (χ0v) is 12.9. The fourth-order valence-corrected chi connectivity index (χ4v) is 1.87. The third kappa shape index (κ3) is 16.7. The first-order chi connectivity index (χ1) is 9.77. The Hall–Kier alpha value is -1.31. The molecular formula is C18H30O2. The number of allylic oxidation sites excluding steroid dienone is 6. The van der Waals surface area contributed by atoms with Gasteiger partial charge in [0.1, 0.15) is 0 Å². The van der Waals surface area contributed by atoms with Crippen LogP contribution in [-0.2, 0) is 4.79 Å². The lowest BCUT2D eigenvalue weighted by Gasteiger charge is -1.97. The first-order valence-electron chi connectivity index (χ1n) is 7.97. The van der Waals surface area contributed by atoms with E-state index in [1.807, 2.05) is 0 Å². The summed E-state index contributed by atoms with van der Waals surface area (Å²) in [4.78, 5) is 10.3. The molecule has 0 saturated carbocycles. The molecule has 20 heavy (non-hydrogen) atoms. The summed E-state index contributed by atoms with van der Waals surface area (Å²) in [6, 6.07) is 0. The first kappa shape index (κ1) is 18.7.